The van der Waals surface area contributed by atoms with Gasteiger partial charge in [0.05, 0.1) is 43.1 Å². The molecule has 36 heavy (non-hydrogen) atoms. The molecule has 1 amide bonds. The highest BCUT2D eigenvalue weighted by molar-refractivity contribution is 8.18. The highest BCUT2D eigenvalue weighted by Gasteiger charge is 2.34. The first-order chi connectivity index (χ1) is 17.4. The van der Waals surface area contributed by atoms with Gasteiger partial charge in [-0.3, -0.25) is 19.8 Å². The lowest BCUT2D eigenvalue weighted by molar-refractivity contribution is -0.384. The number of nitro benzene ring substituents is 1. The molecule has 1 aromatic heterocycles. The second kappa shape index (κ2) is 10.8. The number of thioether (sulfide) groups is 1. The number of rotatable bonds is 8. The Bertz CT molecular complexity index is 1340. The Morgan fingerprint density at radius 2 is 1.83 bits per heavy atom. The van der Waals surface area contributed by atoms with Gasteiger partial charge in [-0.25, -0.2) is 0 Å². The number of carbonyl (C=O) groups excluding carboxylic acids is 1. The normalized spacial score (nSPS) is 15.8. The number of amidine groups is 1. The average Bonchev–Trinajstić information content (AvgIpc) is 3.49. The molecule has 0 radical (unpaired) electrons. The fourth-order valence-corrected chi connectivity index (χ4v) is 4.19. The zero-order chi connectivity index (χ0) is 25.7. The summed E-state index contributed by atoms with van der Waals surface area (Å²) in [6, 6.07) is 12.5. The van der Waals surface area contributed by atoms with Gasteiger partial charge in [0, 0.05) is 17.7 Å². The van der Waals surface area contributed by atoms with E-state index >= 15 is 0 Å². The molecule has 0 bridgehead atoms. The third-order valence-corrected chi connectivity index (χ3v) is 6.03. The molecular weight excluding hydrogens is 488 g/mol. The summed E-state index contributed by atoms with van der Waals surface area (Å²) in [5, 5.41) is 29.6. The third kappa shape index (κ3) is 5.39. The van der Waals surface area contributed by atoms with Crippen molar-refractivity contribution >= 4 is 40.8 Å². The molecule has 11 nitrogen and oxygen atoms in total. The van der Waals surface area contributed by atoms with Crippen LogP contribution in [0.2, 0.25) is 0 Å². The second-order valence-corrected chi connectivity index (χ2v) is 8.34. The molecule has 0 saturated carbocycles. The van der Waals surface area contributed by atoms with Gasteiger partial charge in [-0.15, -0.1) is 5.10 Å². The molecule has 2 heterocycles. The number of phenols is 1. The molecule has 0 unspecified atom stereocenters. The summed E-state index contributed by atoms with van der Waals surface area (Å²) in [6.45, 7) is 0.144. The summed E-state index contributed by atoms with van der Waals surface area (Å²) in [6.07, 6.45) is 4.58. The van der Waals surface area contributed by atoms with Crippen molar-refractivity contribution in [1.82, 2.24) is 4.90 Å². The van der Waals surface area contributed by atoms with Crippen LogP contribution in [0.1, 0.15) is 16.9 Å². The predicted molar refractivity (Wildman–Crippen MR) is 134 cm³/mol. The number of phenolic OH excluding ortho intramolecular Hbond substituents is 1. The average molecular weight is 509 g/mol. The number of non-ortho nitro benzene ring substituents is 1. The molecule has 1 N–H and O–H groups in total. The summed E-state index contributed by atoms with van der Waals surface area (Å²) >= 11 is 1.12. The van der Waals surface area contributed by atoms with Crippen molar-refractivity contribution in [3.63, 3.8) is 0 Å². The third-order valence-electron chi connectivity index (χ3n) is 5.04. The molecule has 12 heteroatoms. The van der Waals surface area contributed by atoms with Crippen LogP contribution in [-0.2, 0) is 11.3 Å². The van der Waals surface area contributed by atoms with E-state index in [9.17, 15) is 20.0 Å². The number of hydrogen-bond acceptors (Lipinski definition) is 10. The molecule has 1 aliphatic heterocycles. The first kappa shape index (κ1) is 24.5. The molecule has 184 valence electrons. The predicted octanol–water partition coefficient (Wildman–Crippen LogP) is 4.42. The van der Waals surface area contributed by atoms with E-state index in [0.717, 1.165) is 11.8 Å². The van der Waals surface area contributed by atoms with Crippen LogP contribution in [0.5, 0.6) is 17.2 Å². The van der Waals surface area contributed by atoms with E-state index in [-0.39, 0.29) is 35.4 Å². The standard InChI is InChI=1S/C24H20N4O7S/c1-33-19-10-16(11-20(34-2)22(19)29)13-25-26-24-27(14-18-4-3-9-35-18)23(30)21(36-24)12-15-5-7-17(8-6-15)28(31)32/h3-13,29H,14H2,1-2H3/b21-12-,25-13-,26-24+. The van der Waals surface area contributed by atoms with Crippen LogP contribution in [0.25, 0.3) is 6.08 Å². The summed E-state index contributed by atoms with van der Waals surface area (Å²) in [5.41, 5.74) is 1.14. The number of hydrogen-bond donors (Lipinski definition) is 1. The van der Waals surface area contributed by atoms with E-state index in [1.54, 1.807) is 42.5 Å². The number of nitro groups is 1. The zero-order valence-electron chi connectivity index (χ0n) is 19.2. The maximum absolute atomic E-state index is 13.2. The highest BCUT2D eigenvalue weighted by Crippen LogP contribution is 2.37. The molecule has 2 aromatic carbocycles. The van der Waals surface area contributed by atoms with Crippen molar-refractivity contribution in [2.75, 3.05) is 14.2 Å². The van der Waals surface area contributed by atoms with Gasteiger partial charge < -0.3 is 19.0 Å². The number of nitrogens with zero attached hydrogens (tertiary/aromatic N) is 4. The maximum Gasteiger partial charge on any atom is 0.269 e. The van der Waals surface area contributed by atoms with E-state index in [0.29, 0.717) is 27.0 Å². The molecule has 0 spiro atoms. The molecule has 1 saturated heterocycles. The lowest BCUT2D eigenvalue weighted by Crippen LogP contribution is -2.28. The molecule has 0 aliphatic carbocycles. The summed E-state index contributed by atoms with van der Waals surface area (Å²) in [7, 11) is 2.84. The highest BCUT2D eigenvalue weighted by atomic mass is 32.2. The number of benzene rings is 2. The Hall–Kier alpha value is -4.58. The summed E-state index contributed by atoms with van der Waals surface area (Å²) in [5.74, 6) is 0.538. The van der Waals surface area contributed by atoms with Crippen molar-refractivity contribution in [2.24, 2.45) is 10.2 Å². The molecule has 3 aromatic rings. The largest absolute Gasteiger partial charge is 0.502 e. The zero-order valence-corrected chi connectivity index (χ0v) is 20.0. The van der Waals surface area contributed by atoms with Crippen molar-refractivity contribution in [3.05, 3.63) is 86.7 Å². The quantitative estimate of drug-likeness (QED) is 0.204. The Labute approximate surface area is 209 Å². The lowest BCUT2D eigenvalue weighted by atomic mass is 10.2. The number of amides is 1. The minimum Gasteiger partial charge on any atom is -0.502 e. The van der Waals surface area contributed by atoms with E-state index < -0.39 is 4.92 Å². The van der Waals surface area contributed by atoms with Crippen molar-refractivity contribution in [1.29, 1.82) is 0 Å². The molecule has 0 atom stereocenters. The number of ether oxygens (including phenoxy) is 2. The lowest BCUT2D eigenvalue weighted by Gasteiger charge is -2.12. The number of furan rings is 1. The molecule has 1 aliphatic rings. The van der Waals surface area contributed by atoms with Crippen LogP contribution in [0.15, 0.2) is 74.3 Å². The van der Waals surface area contributed by atoms with Crippen molar-refractivity contribution in [2.45, 2.75) is 6.54 Å². The first-order valence-corrected chi connectivity index (χ1v) is 11.3. The van der Waals surface area contributed by atoms with Crippen molar-refractivity contribution in [3.8, 4) is 17.2 Å². The van der Waals surface area contributed by atoms with Crippen LogP contribution in [0, 0.1) is 10.1 Å². The monoisotopic (exact) mass is 508 g/mol. The van der Waals surface area contributed by atoms with Crippen LogP contribution in [-0.4, -0.2) is 46.4 Å². The Balaban J connectivity index is 1.63. The minimum absolute atomic E-state index is 0.0407. The fraction of sp³-hybridized carbons (Fsp3) is 0.125. The molecular formula is C24H20N4O7S. The first-order valence-electron chi connectivity index (χ1n) is 10.4. The SMILES string of the molecule is COc1cc(/C=N\N=C2\S/C(=C\c3ccc([N+](=O)[O-])cc3)C(=O)N2Cc2ccco2)cc(OC)c1O. The second-order valence-electron chi connectivity index (χ2n) is 7.33. The van der Waals surface area contributed by atoms with E-state index in [2.05, 4.69) is 10.2 Å². The van der Waals surface area contributed by atoms with Crippen LogP contribution >= 0.6 is 11.8 Å². The van der Waals surface area contributed by atoms with Gasteiger partial charge in [-0.2, -0.15) is 5.10 Å². The van der Waals surface area contributed by atoms with Crippen LogP contribution in [0.4, 0.5) is 5.69 Å². The van der Waals surface area contributed by atoms with E-state index in [4.69, 9.17) is 13.9 Å². The van der Waals surface area contributed by atoms with Gasteiger partial charge in [0.1, 0.15) is 5.76 Å². The maximum atomic E-state index is 13.2. The Morgan fingerprint density at radius 1 is 1.14 bits per heavy atom. The van der Waals surface area contributed by atoms with Gasteiger partial charge in [0.25, 0.3) is 11.6 Å². The summed E-state index contributed by atoms with van der Waals surface area (Å²) < 4.78 is 15.7. The number of carbonyl (C=O) groups is 1. The number of methoxy groups -OCH3 is 2. The topological polar surface area (TPSA) is 140 Å². The van der Waals surface area contributed by atoms with Gasteiger partial charge in [-0.1, -0.05) is 0 Å². The fourth-order valence-electron chi connectivity index (χ4n) is 3.26. The van der Waals surface area contributed by atoms with E-state index in [1.165, 1.54) is 43.7 Å². The number of aromatic hydroxyl groups is 1. The Morgan fingerprint density at radius 3 is 2.42 bits per heavy atom. The van der Waals surface area contributed by atoms with Gasteiger partial charge in [0.2, 0.25) is 5.75 Å². The smallest absolute Gasteiger partial charge is 0.269 e. The van der Waals surface area contributed by atoms with Gasteiger partial charge in [0.15, 0.2) is 16.7 Å². The van der Waals surface area contributed by atoms with Gasteiger partial charge in [-0.05, 0) is 59.8 Å². The minimum atomic E-state index is -0.487. The van der Waals surface area contributed by atoms with Crippen LogP contribution < -0.4 is 9.47 Å². The van der Waals surface area contributed by atoms with Crippen LogP contribution in [0.3, 0.4) is 0 Å². The van der Waals surface area contributed by atoms with Gasteiger partial charge >= 0.3 is 0 Å². The Kier molecular flexibility index (Phi) is 7.35. The molecule has 1 fully saturated rings. The van der Waals surface area contributed by atoms with Crippen molar-refractivity contribution < 1.29 is 28.7 Å². The summed E-state index contributed by atoms with van der Waals surface area (Å²) in [4.78, 5) is 25.4. The molecule has 4 rings (SSSR count). The van der Waals surface area contributed by atoms with E-state index in [1.807, 2.05) is 0 Å².